The smallest absolute Gasteiger partial charge is 0.273 e. The monoisotopic (exact) mass is 313 g/mol. The minimum Gasteiger partial charge on any atom is -0.378 e. The fourth-order valence-electron chi connectivity index (χ4n) is 2.69. The first-order valence-corrected chi connectivity index (χ1v) is 8.04. The van der Waals surface area contributed by atoms with Gasteiger partial charge in [-0.15, -0.1) is 0 Å². The van der Waals surface area contributed by atoms with Crippen molar-refractivity contribution in [3.8, 4) is 10.4 Å². The number of para-hydroxylation sites is 1. The molecule has 0 atom stereocenters. The minimum absolute atomic E-state index is 0.194. The Morgan fingerprint density at radius 2 is 2.05 bits per heavy atom. The molecule has 1 N–H and O–H groups in total. The molecule has 1 aliphatic rings. The zero-order valence-electron chi connectivity index (χ0n) is 11.9. The van der Waals surface area contributed by atoms with Gasteiger partial charge in [0.05, 0.1) is 13.2 Å². The van der Waals surface area contributed by atoms with Gasteiger partial charge < -0.3 is 14.6 Å². The molecule has 3 aromatic rings. The molecule has 0 radical (unpaired) electrons. The summed E-state index contributed by atoms with van der Waals surface area (Å²) in [5.74, 6) is 0. The van der Waals surface area contributed by atoms with E-state index in [-0.39, 0.29) is 5.56 Å². The Balaban J connectivity index is 1.81. The predicted molar refractivity (Wildman–Crippen MR) is 88.7 cm³/mol. The molecule has 22 heavy (non-hydrogen) atoms. The number of anilines is 1. The summed E-state index contributed by atoms with van der Waals surface area (Å²) in [6, 6.07) is 9.71. The van der Waals surface area contributed by atoms with E-state index in [0.717, 1.165) is 39.6 Å². The molecular formula is C16H15N3O2S. The molecule has 0 saturated carbocycles. The highest BCUT2D eigenvalue weighted by molar-refractivity contribution is 7.18. The SMILES string of the molecule is O=c1cc(-c2c[nH]c3ccccc23)sc(N2CCOCC2)n1. The van der Waals surface area contributed by atoms with Gasteiger partial charge in [-0.1, -0.05) is 29.5 Å². The number of nitrogens with zero attached hydrogens (tertiary/aromatic N) is 2. The maximum absolute atomic E-state index is 12.0. The molecule has 0 aliphatic carbocycles. The molecule has 1 aromatic carbocycles. The number of rotatable bonds is 2. The number of aromatic nitrogens is 2. The van der Waals surface area contributed by atoms with E-state index in [2.05, 4.69) is 20.9 Å². The van der Waals surface area contributed by atoms with Crippen molar-refractivity contribution < 1.29 is 4.74 Å². The number of fused-ring (bicyclic) bond motifs is 1. The Morgan fingerprint density at radius 3 is 2.91 bits per heavy atom. The highest BCUT2D eigenvalue weighted by atomic mass is 32.1. The first-order valence-electron chi connectivity index (χ1n) is 7.23. The van der Waals surface area contributed by atoms with Gasteiger partial charge in [0.1, 0.15) is 0 Å². The summed E-state index contributed by atoms with van der Waals surface area (Å²) in [4.78, 5) is 22.5. The molecule has 0 spiro atoms. The summed E-state index contributed by atoms with van der Waals surface area (Å²) < 4.78 is 5.36. The lowest BCUT2D eigenvalue weighted by Gasteiger charge is -2.27. The van der Waals surface area contributed by atoms with E-state index in [4.69, 9.17) is 4.74 Å². The number of nitrogens with one attached hydrogen (secondary N) is 1. The lowest BCUT2D eigenvalue weighted by atomic mass is 10.1. The zero-order chi connectivity index (χ0) is 14.9. The van der Waals surface area contributed by atoms with Crippen molar-refractivity contribution in [2.75, 3.05) is 31.2 Å². The lowest BCUT2D eigenvalue weighted by molar-refractivity contribution is 0.122. The molecule has 0 unspecified atom stereocenters. The minimum atomic E-state index is -0.194. The van der Waals surface area contributed by atoms with Crippen LogP contribution in [0.2, 0.25) is 0 Å². The average Bonchev–Trinajstić information content (AvgIpc) is 2.99. The highest BCUT2D eigenvalue weighted by Crippen LogP contribution is 2.33. The molecule has 5 nitrogen and oxygen atoms in total. The fourth-order valence-corrected chi connectivity index (χ4v) is 3.77. The third kappa shape index (κ3) is 2.40. The van der Waals surface area contributed by atoms with Gasteiger partial charge >= 0.3 is 0 Å². The first kappa shape index (κ1) is 13.5. The van der Waals surface area contributed by atoms with Crippen LogP contribution in [0.1, 0.15) is 0 Å². The molecule has 4 rings (SSSR count). The van der Waals surface area contributed by atoms with Crippen molar-refractivity contribution in [2.45, 2.75) is 0 Å². The maximum Gasteiger partial charge on any atom is 0.273 e. The summed E-state index contributed by atoms with van der Waals surface area (Å²) >= 11 is 1.55. The molecule has 1 aliphatic heterocycles. The molecule has 0 bridgehead atoms. The Hall–Kier alpha value is -2.18. The van der Waals surface area contributed by atoms with Gasteiger partial charge in [0.25, 0.3) is 5.56 Å². The van der Waals surface area contributed by atoms with E-state index in [9.17, 15) is 4.79 Å². The van der Waals surface area contributed by atoms with Crippen molar-refractivity contribution in [2.24, 2.45) is 0 Å². The Morgan fingerprint density at radius 1 is 1.23 bits per heavy atom. The molecule has 0 amide bonds. The van der Waals surface area contributed by atoms with E-state index >= 15 is 0 Å². The lowest BCUT2D eigenvalue weighted by Crippen LogP contribution is -2.37. The number of H-pyrrole nitrogens is 1. The third-order valence-electron chi connectivity index (χ3n) is 3.80. The maximum atomic E-state index is 12.0. The van der Waals surface area contributed by atoms with E-state index in [1.54, 1.807) is 17.4 Å². The second-order valence-corrected chi connectivity index (χ2v) is 6.20. The highest BCUT2D eigenvalue weighted by Gasteiger charge is 2.16. The number of aromatic amines is 1. The number of ether oxygens (including phenoxy) is 1. The van der Waals surface area contributed by atoms with Crippen LogP contribution in [-0.4, -0.2) is 36.3 Å². The van der Waals surface area contributed by atoms with Gasteiger partial charge in [0, 0.05) is 46.7 Å². The molecule has 3 heterocycles. The molecule has 1 fully saturated rings. The standard InChI is InChI=1S/C16H15N3O2S/c20-15-9-14(12-10-17-13-4-2-1-3-11(12)13)22-16(18-15)19-5-7-21-8-6-19/h1-4,9-10,17H,5-8H2. The van der Waals surface area contributed by atoms with Crippen molar-refractivity contribution >= 4 is 27.4 Å². The summed E-state index contributed by atoms with van der Waals surface area (Å²) in [6.07, 6.45) is 1.96. The molecule has 6 heteroatoms. The van der Waals surface area contributed by atoms with Gasteiger partial charge in [0.2, 0.25) is 0 Å². The van der Waals surface area contributed by atoms with Crippen LogP contribution in [0, 0.1) is 0 Å². The first-order chi connectivity index (χ1) is 10.8. The third-order valence-corrected chi connectivity index (χ3v) is 4.89. The molecule has 2 aromatic heterocycles. The van der Waals surface area contributed by atoms with Gasteiger partial charge in [-0.2, -0.15) is 4.98 Å². The summed E-state index contributed by atoms with van der Waals surface area (Å²) in [5, 5.41) is 1.90. The van der Waals surface area contributed by atoms with Crippen LogP contribution in [0.5, 0.6) is 0 Å². The van der Waals surface area contributed by atoms with Gasteiger partial charge in [-0.05, 0) is 6.07 Å². The van der Waals surface area contributed by atoms with Crippen molar-refractivity contribution in [1.29, 1.82) is 0 Å². The van der Waals surface area contributed by atoms with E-state index in [0.29, 0.717) is 13.2 Å². The van der Waals surface area contributed by atoms with Crippen molar-refractivity contribution in [1.82, 2.24) is 9.97 Å². The van der Waals surface area contributed by atoms with E-state index in [1.807, 2.05) is 24.4 Å². The zero-order valence-corrected chi connectivity index (χ0v) is 12.7. The van der Waals surface area contributed by atoms with Gasteiger partial charge in [-0.3, -0.25) is 4.79 Å². The van der Waals surface area contributed by atoms with Crippen LogP contribution in [0.4, 0.5) is 5.13 Å². The second kappa shape index (κ2) is 5.55. The number of benzene rings is 1. The van der Waals surface area contributed by atoms with E-state index in [1.165, 1.54) is 0 Å². The van der Waals surface area contributed by atoms with Crippen LogP contribution in [0.15, 0.2) is 41.3 Å². The summed E-state index contributed by atoms with van der Waals surface area (Å²) in [7, 11) is 0. The van der Waals surface area contributed by atoms with Crippen LogP contribution in [0.3, 0.4) is 0 Å². The number of morpholine rings is 1. The van der Waals surface area contributed by atoms with Crippen molar-refractivity contribution in [3.05, 3.63) is 46.9 Å². The van der Waals surface area contributed by atoms with Crippen LogP contribution in [0.25, 0.3) is 21.3 Å². The fraction of sp³-hybridized carbons (Fsp3) is 0.250. The molecular weight excluding hydrogens is 298 g/mol. The number of hydrogen-bond donors (Lipinski definition) is 1. The molecule has 1 saturated heterocycles. The topological polar surface area (TPSA) is 58.2 Å². The van der Waals surface area contributed by atoms with Crippen LogP contribution < -0.4 is 10.5 Å². The molecule has 112 valence electrons. The largest absolute Gasteiger partial charge is 0.378 e. The second-order valence-electron chi connectivity index (χ2n) is 5.19. The summed E-state index contributed by atoms with van der Waals surface area (Å²) in [6.45, 7) is 2.92. The predicted octanol–water partition coefficient (Wildman–Crippen LogP) is 2.49. The van der Waals surface area contributed by atoms with Crippen LogP contribution >= 0.6 is 11.3 Å². The van der Waals surface area contributed by atoms with Gasteiger partial charge in [0.15, 0.2) is 5.13 Å². The summed E-state index contributed by atoms with van der Waals surface area (Å²) in [5.41, 5.74) is 1.93. The van der Waals surface area contributed by atoms with Gasteiger partial charge in [-0.25, -0.2) is 0 Å². The van der Waals surface area contributed by atoms with E-state index < -0.39 is 0 Å². The Bertz CT molecular complexity index is 865. The average molecular weight is 313 g/mol. The quantitative estimate of drug-likeness (QED) is 0.790. The normalized spacial score (nSPS) is 15.4. The van der Waals surface area contributed by atoms with Crippen molar-refractivity contribution in [3.63, 3.8) is 0 Å². The number of hydrogen-bond acceptors (Lipinski definition) is 5. The van der Waals surface area contributed by atoms with Crippen LogP contribution in [-0.2, 0) is 4.74 Å². The Labute approximate surface area is 131 Å². The Kier molecular flexibility index (Phi) is 3.40.